The maximum Gasteiger partial charge on any atom is 0.0856 e. The van der Waals surface area contributed by atoms with Crippen molar-refractivity contribution in [1.82, 2.24) is 0 Å². The fraction of sp³-hybridized carbons (Fsp3) is 0.600. The second-order valence-electron chi connectivity index (χ2n) is 5.36. The summed E-state index contributed by atoms with van der Waals surface area (Å²) in [5.74, 6) is 2.02. The Bertz CT molecular complexity index is 405. The van der Waals surface area contributed by atoms with Crippen molar-refractivity contribution in [3.8, 4) is 0 Å². The highest BCUT2D eigenvalue weighted by Crippen LogP contribution is 2.38. The molecule has 0 spiro atoms. The molecule has 1 aliphatic heterocycles. The Morgan fingerprint density at radius 2 is 2.05 bits per heavy atom. The molecule has 0 unspecified atom stereocenters. The molecule has 0 aromatic heterocycles. The maximum absolute atomic E-state index is 10.4. The average Bonchev–Trinajstić information content (AvgIpc) is 2.35. The summed E-state index contributed by atoms with van der Waals surface area (Å²) in [5.41, 5.74) is 0.442. The van der Waals surface area contributed by atoms with E-state index in [1.54, 1.807) is 0 Å². The first-order valence-electron chi connectivity index (χ1n) is 6.71. The van der Waals surface area contributed by atoms with Gasteiger partial charge in [0.05, 0.1) is 17.8 Å². The molecule has 106 valence electrons. The van der Waals surface area contributed by atoms with Crippen LogP contribution in [0.5, 0.6) is 0 Å². The Morgan fingerprint density at radius 3 is 2.68 bits per heavy atom. The lowest BCUT2D eigenvalue weighted by atomic mass is 9.86. The van der Waals surface area contributed by atoms with Crippen LogP contribution in [-0.2, 0) is 4.74 Å². The summed E-state index contributed by atoms with van der Waals surface area (Å²) in [6.07, 6.45) is 1.43. The Kier molecular flexibility index (Phi) is 5.18. The van der Waals surface area contributed by atoms with Crippen molar-refractivity contribution in [2.24, 2.45) is 0 Å². The molecule has 1 heterocycles. The van der Waals surface area contributed by atoms with E-state index in [2.05, 4.69) is 6.92 Å². The molecule has 2 nitrogen and oxygen atoms in total. The van der Waals surface area contributed by atoms with E-state index in [4.69, 9.17) is 16.3 Å². The SMILES string of the molecule is CCSC[C@H]1C[C@](C)(O)C[C@H](c2ccc(Cl)cc2)O1. The molecule has 0 bridgehead atoms. The normalized spacial score (nSPS) is 31.4. The van der Waals surface area contributed by atoms with Crippen LogP contribution in [0.1, 0.15) is 38.4 Å². The summed E-state index contributed by atoms with van der Waals surface area (Å²) in [5, 5.41) is 11.1. The lowest BCUT2D eigenvalue weighted by Gasteiger charge is -2.39. The van der Waals surface area contributed by atoms with Crippen LogP contribution in [0, 0.1) is 0 Å². The van der Waals surface area contributed by atoms with Crippen LogP contribution < -0.4 is 0 Å². The van der Waals surface area contributed by atoms with E-state index in [0.29, 0.717) is 12.8 Å². The minimum absolute atomic E-state index is 0.0385. The van der Waals surface area contributed by atoms with Crippen molar-refractivity contribution >= 4 is 23.4 Å². The van der Waals surface area contributed by atoms with Gasteiger partial charge < -0.3 is 9.84 Å². The predicted molar refractivity (Wildman–Crippen MR) is 81.9 cm³/mol. The van der Waals surface area contributed by atoms with Crippen LogP contribution in [0.15, 0.2) is 24.3 Å². The summed E-state index contributed by atoms with van der Waals surface area (Å²) in [6, 6.07) is 7.72. The van der Waals surface area contributed by atoms with Gasteiger partial charge in [0.15, 0.2) is 0 Å². The van der Waals surface area contributed by atoms with Crippen molar-refractivity contribution in [3.05, 3.63) is 34.9 Å². The van der Waals surface area contributed by atoms with Crippen LogP contribution in [0.25, 0.3) is 0 Å². The largest absolute Gasteiger partial charge is 0.390 e. The molecular formula is C15H21ClO2S. The summed E-state index contributed by atoms with van der Waals surface area (Å²) in [4.78, 5) is 0. The predicted octanol–water partition coefficient (Wildman–Crippen LogP) is 4.06. The smallest absolute Gasteiger partial charge is 0.0856 e. The van der Waals surface area contributed by atoms with Gasteiger partial charge in [0.2, 0.25) is 0 Å². The van der Waals surface area contributed by atoms with Crippen LogP contribution in [0.2, 0.25) is 5.02 Å². The van der Waals surface area contributed by atoms with E-state index in [0.717, 1.165) is 22.1 Å². The number of ether oxygens (including phenoxy) is 1. The van der Waals surface area contributed by atoms with E-state index >= 15 is 0 Å². The second kappa shape index (κ2) is 6.49. The molecule has 0 aliphatic carbocycles. The lowest BCUT2D eigenvalue weighted by molar-refractivity contribution is -0.130. The summed E-state index contributed by atoms with van der Waals surface area (Å²) in [6.45, 7) is 4.05. The van der Waals surface area contributed by atoms with Crippen LogP contribution >= 0.6 is 23.4 Å². The third-order valence-electron chi connectivity index (χ3n) is 3.40. The van der Waals surface area contributed by atoms with Gasteiger partial charge in [-0.2, -0.15) is 11.8 Å². The van der Waals surface area contributed by atoms with Gasteiger partial charge in [-0.15, -0.1) is 0 Å². The zero-order chi connectivity index (χ0) is 13.9. The first-order chi connectivity index (χ1) is 9.00. The molecule has 1 aliphatic rings. The average molecular weight is 301 g/mol. The summed E-state index contributed by atoms with van der Waals surface area (Å²) < 4.78 is 6.13. The summed E-state index contributed by atoms with van der Waals surface area (Å²) >= 11 is 7.77. The maximum atomic E-state index is 10.4. The number of hydrogen-bond donors (Lipinski definition) is 1. The fourth-order valence-electron chi connectivity index (χ4n) is 2.52. The molecule has 0 radical (unpaired) electrons. The van der Waals surface area contributed by atoms with Gasteiger partial charge in [-0.05, 0) is 30.4 Å². The molecule has 1 saturated heterocycles. The van der Waals surface area contributed by atoms with Gasteiger partial charge in [-0.25, -0.2) is 0 Å². The highest BCUT2D eigenvalue weighted by atomic mass is 35.5. The zero-order valence-electron chi connectivity index (χ0n) is 11.4. The number of hydrogen-bond acceptors (Lipinski definition) is 3. The Balaban J connectivity index is 2.09. The van der Waals surface area contributed by atoms with Crippen LogP contribution in [-0.4, -0.2) is 28.3 Å². The van der Waals surface area contributed by atoms with Gasteiger partial charge in [-0.3, -0.25) is 0 Å². The van der Waals surface area contributed by atoms with Crippen LogP contribution in [0.3, 0.4) is 0 Å². The first kappa shape index (κ1) is 15.2. The zero-order valence-corrected chi connectivity index (χ0v) is 13.0. The molecule has 2 rings (SSSR count). The second-order valence-corrected chi connectivity index (χ2v) is 7.12. The van der Waals surface area contributed by atoms with Gasteiger partial charge in [0.1, 0.15) is 0 Å². The fourth-order valence-corrected chi connectivity index (χ4v) is 3.34. The van der Waals surface area contributed by atoms with Gasteiger partial charge in [0.25, 0.3) is 0 Å². The lowest BCUT2D eigenvalue weighted by Crippen LogP contribution is -2.40. The monoisotopic (exact) mass is 300 g/mol. The quantitative estimate of drug-likeness (QED) is 0.909. The van der Waals surface area contributed by atoms with E-state index in [1.165, 1.54) is 0 Å². The molecule has 3 atom stereocenters. The number of thioether (sulfide) groups is 1. The third kappa shape index (κ3) is 4.38. The number of benzene rings is 1. The van der Waals surface area contributed by atoms with E-state index in [1.807, 2.05) is 43.0 Å². The molecule has 1 fully saturated rings. The van der Waals surface area contributed by atoms with Crippen LogP contribution in [0.4, 0.5) is 0 Å². The number of aliphatic hydroxyl groups is 1. The van der Waals surface area contributed by atoms with Crippen molar-refractivity contribution in [1.29, 1.82) is 0 Å². The topological polar surface area (TPSA) is 29.5 Å². The summed E-state index contributed by atoms with van der Waals surface area (Å²) in [7, 11) is 0. The molecule has 0 saturated carbocycles. The van der Waals surface area contributed by atoms with Crippen molar-refractivity contribution in [2.45, 2.75) is 44.5 Å². The van der Waals surface area contributed by atoms with Crippen molar-refractivity contribution < 1.29 is 9.84 Å². The molecule has 1 N–H and O–H groups in total. The number of rotatable bonds is 4. The van der Waals surface area contributed by atoms with E-state index < -0.39 is 5.60 Å². The first-order valence-corrected chi connectivity index (χ1v) is 8.24. The van der Waals surface area contributed by atoms with Gasteiger partial charge >= 0.3 is 0 Å². The standard InChI is InChI=1S/C15H21ClO2S/c1-3-19-10-13-8-15(2,17)9-14(18-13)11-4-6-12(16)7-5-11/h4-7,13-14,17H,3,8-10H2,1-2H3/t13-,14-,15+/m1/s1. The van der Waals surface area contributed by atoms with Gasteiger partial charge in [-0.1, -0.05) is 30.7 Å². The highest BCUT2D eigenvalue weighted by molar-refractivity contribution is 7.99. The van der Waals surface area contributed by atoms with Crippen molar-refractivity contribution in [3.63, 3.8) is 0 Å². The van der Waals surface area contributed by atoms with Crippen molar-refractivity contribution in [2.75, 3.05) is 11.5 Å². The molecule has 0 amide bonds. The molecule has 1 aromatic rings. The van der Waals surface area contributed by atoms with E-state index in [9.17, 15) is 5.11 Å². The minimum atomic E-state index is -0.651. The molecule has 4 heteroatoms. The molecule has 1 aromatic carbocycles. The number of halogens is 1. The molecule has 19 heavy (non-hydrogen) atoms. The third-order valence-corrected chi connectivity index (χ3v) is 4.67. The minimum Gasteiger partial charge on any atom is -0.390 e. The Hall–Kier alpha value is -0.220. The molecular weight excluding hydrogens is 280 g/mol. The highest BCUT2D eigenvalue weighted by Gasteiger charge is 2.36. The Labute approximate surface area is 124 Å². The van der Waals surface area contributed by atoms with Gasteiger partial charge in [0, 0.05) is 23.6 Å². The van der Waals surface area contributed by atoms with E-state index in [-0.39, 0.29) is 12.2 Å². The Morgan fingerprint density at radius 1 is 1.37 bits per heavy atom.